The van der Waals surface area contributed by atoms with Crippen LogP contribution in [-0.2, 0) is 13.1 Å². The van der Waals surface area contributed by atoms with E-state index in [1.165, 1.54) is 11.1 Å². The molecule has 0 aromatic heterocycles. The number of nitrogens with zero attached hydrogens (tertiary/aromatic N) is 2. The van der Waals surface area contributed by atoms with E-state index in [2.05, 4.69) is 34.1 Å². The zero-order valence-electron chi connectivity index (χ0n) is 14.0. The molecular formula is C16H33ClN6. The van der Waals surface area contributed by atoms with E-state index in [0.29, 0.717) is 26.2 Å². The molecule has 1 rings (SSSR count). The minimum absolute atomic E-state index is 0. The number of benzene rings is 1. The topological polar surface area (TPSA) is 111 Å². The first-order chi connectivity index (χ1) is 10.7. The molecule has 0 saturated heterocycles. The zero-order chi connectivity index (χ0) is 16.2. The van der Waals surface area contributed by atoms with E-state index in [-0.39, 0.29) is 12.4 Å². The number of hydrogen-bond acceptors (Lipinski definition) is 6. The fraction of sp³-hybridized carbons (Fsp3) is 0.625. The van der Waals surface area contributed by atoms with Crippen LogP contribution in [0.4, 0.5) is 0 Å². The highest BCUT2D eigenvalue weighted by atomic mass is 35.5. The summed E-state index contributed by atoms with van der Waals surface area (Å²) in [6, 6.07) is 8.72. The summed E-state index contributed by atoms with van der Waals surface area (Å²) in [4.78, 5) is 4.56. The van der Waals surface area contributed by atoms with E-state index in [4.69, 9.17) is 22.9 Å². The second kappa shape index (κ2) is 13.7. The molecule has 23 heavy (non-hydrogen) atoms. The Morgan fingerprint density at radius 3 is 1.04 bits per heavy atom. The lowest BCUT2D eigenvalue weighted by molar-refractivity contribution is 0.278. The van der Waals surface area contributed by atoms with Crippen molar-refractivity contribution in [2.75, 3.05) is 52.4 Å². The van der Waals surface area contributed by atoms with Crippen LogP contribution in [0.5, 0.6) is 0 Å². The maximum absolute atomic E-state index is 5.64. The standard InChI is InChI=1S/C16H32N6.ClH/c17-5-9-21(10-6-18)13-15-1-2-16(4-3-15)14-22(11-7-19)12-8-20;/h1-4H,5-14,17-20H2;1H. The van der Waals surface area contributed by atoms with Crippen LogP contribution in [0, 0.1) is 0 Å². The first kappa shape index (κ1) is 22.3. The third kappa shape index (κ3) is 9.22. The summed E-state index contributed by atoms with van der Waals surface area (Å²) in [5.74, 6) is 0. The molecule has 0 unspecified atom stereocenters. The minimum Gasteiger partial charge on any atom is -0.329 e. The number of nitrogens with two attached hydrogens (primary N) is 4. The molecule has 0 saturated carbocycles. The Labute approximate surface area is 146 Å². The van der Waals surface area contributed by atoms with E-state index in [1.807, 2.05) is 0 Å². The fourth-order valence-corrected chi connectivity index (χ4v) is 2.54. The van der Waals surface area contributed by atoms with Crippen LogP contribution < -0.4 is 22.9 Å². The van der Waals surface area contributed by atoms with Crippen LogP contribution in [0.2, 0.25) is 0 Å². The van der Waals surface area contributed by atoms with Crippen molar-refractivity contribution in [1.29, 1.82) is 0 Å². The quantitative estimate of drug-likeness (QED) is 0.408. The Hall–Kier alpha value is -0.730. The number of rotatable bonds is 12. The molecule has 0 aliphatic heterocycles. The monoisotopic (exact) mass is 344 g/mol. The molecule has 0 radical (unpaired) electrons. The van der Waals surface area contributed by atoms with Gasteiger partial charge in [0.15, 0.2) is 0 Å². The highest BCUT2D eigenvalue weighted by molar-refractivity contribution is 5.85. The van der Waals surface area contributed by atoms with Gasteiger partial charge in [-0.25, -0.2) is 0 Å². The van der Waals surface area contributed by atoms with Gasteiger partial charge in [-0.15, -0.1) is 12.4 Å². The Balaban J connectivity index is 0.00000484. The molecule has 8 N–H and O–H groups in total. The molecule has 0 aliphatic carbocycles. The van der Waals surface area contributed by atoms with Crippen LogP contribution in [-0.4, -0.2) is 62.2 Å². The summed E-state index contributed by atoms with van der Waals surface area (Å²) in [6.45, 7) is 7.92. The third-order valence-electron chi connectivity index (χ3n) is 3.62. The molecule has 6 nitrogen and oxygen atoms in total. The Bertz CT molecular complexity index is 338. The minimum atomic E-state index is 0. The third-order valence-corrected chi connectivity index (χ3v) is 3.62. The first-order valence-electron chi connectivity index (χ1n) is 8.06. The van der Waals surface area contributed by atoms with E-state index in [9.17, 15) is 0 Å². The Morgan fingerprint density at radius 1 is 0.565 bits per heavy atom. The van der Waals surface area contributed by atoms with E-state index in [1.54, 1.807) is 0 Å². The highest BCUT2D eigenvalue weighted by Crippen LogP contribution is 2.09. The largest absolute Gasteiger partial charge is 0.329 e. The maximum Gasteiger partial charge on any atom is 0.0234 e. The van der Waals surface area contributed by atoms with Gasteiger partial charge in [-0.1, -0.05) is 24.3 Å². The van der Waals surface area contributed by atoms with Gasteiger partial charge in [-0.05, 0) is 11.1 Å². The lowest BCUT2D eigenvalue weighted by Crippen LogP contribution is -2.33. The molecule has 0 heterocycles. The van der Waals surface area contributed by atoms with E-state index >= 15 is 0 Å². The molecule has 0 spiro atoms. The van der Waals surface area contributed by atoms with Crippen molar-refractivity contribution in [2.45, 2.75) is 13.1 Å². The molecule has 1 aromatic rings. The summed E-state index contributed by atoms with van der Waals surface area (Å²) < 4.78 is 0. The smallest absolute Gasteiger partial charge is 0.0234 e. The molecular weight excluding hydrogens is 312 g/mol. The predicted octanol–water partition coefficient (Wildman–Crippen LogP) is -0.453. The summed E-state index contributed by atoms with van der Waals surface area (Å²) in [7, 11) is 0. The van der Waals surface area contributed by atoms with Crippen molar-refractivity contribution in [3.05, 3.63) is 35.4 Å². The van der Waals surface area contributed by atoms with Crippen LogP contribution in [0.3, 0.4) is 0 Å². The fourth-order valence-electron chi connectivity index (χ4n) is 2.54. The molecule has 0 bridgehead atoms. The van der Waals surface area contributed by atoms with Gasteiger partial charge in [-0.3, -0.25) is 9.80 Å². The van der Waals surface area contributed by atoms with Gasteiger partial charge in [0, 0.05) is 65.4 Å². The van der Waals surface area contributed by atoms with Gasteiger partial charge in [0.1, 0.15) is 0 Å². The van der Waals surface area contributed by atoms with Crippen molar-refractivity contribution < 1.29 is 0 Å². The zero-order valence-corrected chi connectivity index (χ0v) is 14.8. The van der Waals surface area contributed by atoms with Crippen LogP contribution in [0.25, 0.3) is 0 Å². The molecule has 0 fully saturated rings. The van der Waals surface area contributed by atoms with Crippen molar-refractivity contribution >= 4 is 12.4 Å². The van der Waals surface area contributed by atoms with E-state index in [0.717, 1.165) is 39.3 Å². The molecule has 0 atom stereocenters. The second-order valence-electron chi connectivity index (χ2n) is 5.52. The van der Waals surface area contributed by atoms with Gasteiger partial charge in [0.05, 0.1) is 0 Å². The van der Waals surface area contributed by atoms with E-state index < -0.39 is 0 Å². The van der Waals surface area contributed by atoms with Gasteiger partial charge in [0.2, 0.25) is 0 Å². The van der Waals surface area contributed by atoms with Crippen molar-refractivity contribution in [1.82, 2.24) is 9.80 Å². The lowest BCUT2D eigenvalue weighted by Gasteiger charge is -2.22. The van der Waals surface area contributed by atoms with Gasteiger partial charge >= 0.3 is 0 Å². The van der Waals surface area contributed by atoms with Gasteiger partial charge in [0.25, 0.3) is 0 Å². The Kier molecular flexibility index (Phi) is 13.3. The lowest BCUT2D eigenvalue weighted by atomic mass is 10.1. The highest BCUT2D eigenvalue weighted by Gasteiger charge is 2.06. The van der Waals surface area contributed by atoms with Crippen LogP contribution in [0.15, 0.2) is 24.3 Å². The number of halogens is 1. The summed E-state index contributed by atoms with van der Waals surface area (Å²) >= 11 is 0. The SMILES string of the molecule is Cl.NCCN(CCN)Cc1ccc(CN(CCN)CCN)cc1. The molecule has 1 aromatic carbocycles. The van der Waals surface area contributed by atoms with Crippen molar-refractivity contribution in [3.63, 3.8) is 0 Å². The first-order valence-corrected chi connectivity index (χ1v) is 8.06. The molecule has 7 heteroatoms. The van der Waals surface area contributed by atoms with Crippen LogP contribution >= 0.6 is 12.4 Å². The summed E-state index contributed by atoms with van der Waals surface area (Å²) in [5.41, 5.74) is 25.1. The van der Waals surface area contributed by atoms with Crippen LogP contribution in [0.1, 0.15) is 11.1 Å². The maximum atomic E-state index is 5.64. The molecule has 134 valence electrons. The Morgan fingerprint density at radius 2 is 0.826 bits per heavy atom. The number of hydrogen-bond donors (Lipinski definition) is 4. The van der Waals surface area contributed by atoms with Gasteiger partial charge < -0.3 is 22.9 Å². The average molecular weight is 345 g/mol. The van der Waals surface area contributed by atoms with Crippen molar-refractivity contribution in [2.24, 2.45) is 22.9 Å². The summed E-state index contributed by atoms with van der Waals surface area (Å²) in [5, 5.41) is 0. The average Bonchev–Trinajstić information content (AvgIpc) is 2.50. The molecule has 0 amide bonds. The van der Waals surface area contributed by atoms with Gasteiger partial charge in [-0.2, -0.15) is 0 Å². The second-order valence-corrected chi connectivity index (χ2v) is 5.52. The summed E-state index contributed by atoms with van der Waals surface area (Å²) in [6.07, 6.45) is 0. The molecule has 0 aliphatic rings. The van der Waals surface area contributed by atoms with Crippen molar-refractivity contribution in [3.8, 4) is 0 Å². The predicted molar refractivity (Wildman–Crippen MR) is 100 cm³/mol. The normalized spacial score (nSPS) is 11.0.